The molecule has 1 aromatic heterocycles. The third-order valence-corrected chi connectivity index (χ3v) is 2.46. The van der Waals surface area contributed by atoms with Crippen molar-refractivity contribution in [3.05, 3.63) is 23.9 Å². The Morgan fingerprint density at radius 3 is 2.72 bits per heavy atom. The molecule has 1 aromatic rings. The Bertz CT molecular complexity index is 405. The molecular formula is C13H21N3O2. The average molecular weight is 251 g/mol. The van der Waals surface area contributed by atoms with Crippen molar-refractivity contribution < 1.29 is 9.90 Å². The van der Waals surface area contributed by atoms with Gasteiger partial charge in [-0.3, -0.25) is 4.79 Å². The molecule has 0 radical (unpaired) electrons. The van der Waals surface area contributed by atoms with E-state index >= 15 is 0 Å². The van der Waals surface area contributed by atoms with Gasteiger partial charge in [-0.2, -0.15) is 0 Å². The van der Waals surface area contributed by atoms with Crippen LogP contribution in [0.15, 0.2) is 18.3 Å². The van der Waals surface area contributed by atoms with Gasteiger partial charge in [0.05, 0.1) is 12.6 Å². The van der Waals surface area contributed by atoms with Gasteiger partial charge in [0.15, 0.2) is 0 Å². The minimum atomic E-state index is -0.607. The van der Waals surface area contributed by atoms with E-state index in [9.17, 15) is 9.90 Å². The number of hydrogen-bond acceptors (Lipinski definition) is 4. The lowest BCUT2D eigenvalue weighted by atomic mass is 10.1. The lowest BCUT2D eigenvalue weighted by Gasteiger charge is -2.22. The van der Waals surface area contributed by atoms with Crippen LogP contribution in [0.3, 0.4) is 0 Å². The smallest absolute Gasteiger partial charge is 0.239 e. The molecule has 1 unspecified atom stereocenters. The second kappa shape index (κ2) is 6.35. The number of anilines is 1. The van der Waals surface area contributed by atoms with Crippen molar-refractivity contribution in [2.45, 2.75) is 32.9 Å². The molecule has 0 aromatic carbocycles. The fourth-order valence-electron chi connectivity index (χ4n) is 1.71. The normalized spacial score (nSPS) is 12.3. The number of rotatable bonds is 5. The molecule has 2 N–H and O–H groups in total. The number of amides is 1. The van der Waals surface area contributed by atoms with Crippen molar-refractivity contribution in [3.8, 4) is 0 Å². The van der Waals surface area contributed by atoms with Crippen LogP contribution in [0.4, 0.5) is 5.82 Å². The van der Waals surface area contributed by atoms with Gasteiger partial charge in [-0.1, -0.05) is 6.07 Å². The summed E-state index contributed by atoms with van der Waals surface area (Å²) in [6.07, 6.45) is 1.04. The van der Waals surface area contributed by atoms with Crippen LogP contribution >= 0.6 is 0 Å². The van der Waals surface area contributed by atoms with Crippen LogP contribution < -0.4 is 10.2 Å². The largest absolute Gasteiger partial charge is 0.389 e. The number of likely N-dealkylation sites (N-methyl/N-ethyl adjacent to an activating group) is 1. The number of pyridine rings is 1. The summed E-state index contributed by atoms with van der Waals surface area (Å²) in [4.78, 5) is 17.6. The quantitative estimate of drug-likeness (QED) is 0.822. The SMILES string of the molecule is CC(C)NC(=O)CN(C)c1ncccc1C(C)O. The van der Waals surface area contributed by atoms with Crippen molar-refractivity contribution in [2.24, 2.45) is 0 Å². The predicted molar refractivity (Wildman–Crippen MR) is 71.4 cm³/mol. The average Bonchev–Trinajstić information content (AvgIpc) is 2.27. The van der Waals surface area contributed by atoms with E-state index in [0.29, 0.717) is 5.82 Å². The Morgan fingerprint density at radius 2 is 2.17 bits per heavy atom. The molecule has 0 bridgehead atoms. The van der Waals surface area contributed by atoms with Crippen LogP contribution in [0.5, 0.6) is 0 Å². The van der Waals surface area contributed by atoms with Crippen molar-refractivity contribution in [3.63, 3.8) is 0 Å². The maximum atomic E-state index is 11.7. The predicted octanol–water partition coefficient (Wildman–Crippen LogP) is 1.10. The number of nitrogens with zero attached hydrogens (tertiary/aromatic N) is 2. The molecule has 100 valence electrons. The number of carbonyl (C=O) groups excluding carboxylic acids is 1. The van der Waals surface area contributed by atoms with Gasteiger partial charge in [0.2, 0.25) is 5.91 Å². The Balaban J connectivity index is 2.78. The minimum Gasteiger partial charge on any atom is -0.389 e. The van der Waals surface area contributed by atoms with Crippen molar-refractivity contribution in [1.29, 1.82) is 0 Å². The van der Waals surface area contributed by atoms with Gasteiger partial charge in [-0.15, -0.1) is 0 Å². The molecule has 1 amide bonds. The maximum absolute atomic E-state index is 11.7. The van der Waals surface area contributed by atoms with Crippen LogP contribution in [0.1, 0.15) is 32.4 Å². The van der Waals surface area contributed by atoms with E-state index in [2.05, 4.69) is 10.3 Å². The second-order valence-corrected chi connectivity index (χ2v) is 4.67. The zero-order valence-corrected chi connectivity index (χ0v) is 11.3. The standard InChI is InChI=1S/C13H21N3O2/c1-9(2)15-12(18)8-16(4)13-11(10(3)17)6-5-7-14-13/h5-7,9-10,17H,8H2,1-4H3,(H,15,18). The molecule has 0 saturated carbocycles. The second-order valence-electron chi connectivity index (χ2n) is 4.67. The number of carbonyl (C=O) groups is 1. The fourth-order valence-corrected chi connectivity index (χ4v) is 1.71. The highest BCUT2D eigenvalue weighted by Gasteiger charge is 2.15. The topological polar surface area (TPSA) is 65.5 Å². The molecule has 0 fully saturated rings. The number of hydrogen-bond donors (Lipinski definition) is 2. The van der Waals surface area contributed by atoms with Crippen molar-refractivity contribution >= 4 is 11.7 Å². The lowest BCUT2D eigenvalue weighted by molar-refractivity contribution is -0.120. The van der Waals surface area contributed by atoms with Gasteiger partial charge in [0.1, 0.15) is 5.82 Å². The Labute approximate surface area is 108 Å². The van der Waals surface area contributed by atoms with E-state index in [-0.39, 0.29) is 18.5 Å². The van der Waals surface area contributed by atoms with E-state index in [4.69, 9.17) is 0 Å². The van der Waals surface area contributed by atoms with E-state index in [1.165, 1.54) is 0 Å². The van der Waals surface area contributed by atoms with E-state index in [1.54, 1.807) is 31.1 Å². The minimum absolute atomic E-state index is 0.0605. The summed E-state index contributed by atoms with van der Waals surface area (Å²) in [7, 11) is 1.79. The molecule has 5 nitrogen and oxygen atoms in total. The Hall–Kier alpha value is -1.62. The molecule has 5 heteroatoms. The van der Waals surface area contributed by atoms with E-state index < -0.39 is 6.10 Å². The van der Waals surface area contributed by atoms with Gasteiger partial charge in [0.25, 0.3) is 0 Å². The number of aliphatic hydroxyl groups excluding tert-OH is 1. The summed E-state index contributed by atoms with van der Waals surface area (Å²) in [5.41, 5.74) is 0.720. The monoisotopic (exact) mass is 251 g/mol. The van der Waals surface area contributed by atoms with E-state index in [1.807, 2.05) is 19.9 Å². The Morgan fingerprint density at radius 1 is 1.50 bits per heavy atom. The summed E-state index contributed by atoms with van der Waals surface area (Å²) < 4.78 is 0. The van der Waals surface area contributed by atoms with Gasteiger partial charge in [0, 0.05) is 24.8 Å². The highest BCUT2D eigenvalue weighted by atomic mass is 16.3. The molecule has 0 spiro atoms. The third kappa shape index (κ3) is 4.00. The van der Waals surface area contributed by atoms with E-state index in [0.717, 1.165) is 5.56 Å². The molecule has 1 rings (SSSR count). The van der Waals surface area contributed by atoms with Crippen LogP contribution in [0.2, 0.25) is 0 Å². The summed E-state index contributed by atoms with van der Waals surface area (Å²) in [6, 6.07) is 3.70. The first kappa shape index (κ1) is 14.4. The summed E-state index contributed by atoms with van der Waals surface area (Å²) in [5, 5.41) is 12.5. The number of aliphatic hydroxyl groups is 1. The molecule has 1 heterocycles. The summed E-state index contributed by atoms with van der Waals surface area (Å²) in [5.74, 6) is 0.570. The lowest BCUT2D eigenvalue weighted by Crippen LogP contribution is -2.39. The number of aromatic nitrogens is 1. The Kier molecular flexibility index (Phi) is 5.09. The molecular weight excluding hydrogens is 230 g/mol. The molecule has 0 saturated heterocycles. The first-order valence-corrected chi connectivity index (χ1v) is 6.05. The fraction of sp³-hybridized carbons (Fsp3) is 0.538. The maximum Gasteiger partial charge on any atom is 0.239 e. The van der Waals surface area contributed by atoms with Crippen LogP contribution in [-0.2, 0) is 4.79 Å². The first-order chi connectivity index (χ1) is 8.41. The summed E-state index contributed by atoms with van der Waals surface area (Å²) >= 11 is 0. The number of nitrogens with one attached hydrogen (secondary N) is 1. The van der Waals surface area contributed by atoms with Gasteiger partial charge in [-0.25, -0.2) is 4.98 Å². The summed E-state index contributed by atoms with van der Waals surface area (Å²) in [6.45, 7) is 5.73. The molecule has 0 aliphatic heterocycles. The third-order valence-electron chi connectivity index (χ3n) is 2.46. The van der Waals surface area contributed by atoms with Crippen LogP contribution in [0.25, 0.3) is 0 Å². The van der Waals surface area contributed by atoms with Crippen molar-refractivity contribution in [1.82, 2.24) is 10.3 Å². The molecule has 0 aliphatic carbocycles. The van der Waals surface area contributed by atoms with Gasteiger partial charge >= 0.3 is 0 Å². The first-order valence-electron chi connectivity index (χ1n) is 6.05. The highest BCUT2D eigenvalue weighted by Crippen LogP contribution is 2.22. The van der Waals surface area contributed by atoms with Gasteiger partial charge < -0.3 is 15.3 Å². The molecule has 18 heavy (non-hydrogen) atoms. The zero-order chi connectivity index (χ0) is 13.7. The molecule has 1 atom stereocenters. The van der Waals surface area contributed by atoms with Crippen molar-refractivity contribution in [2.75, 3.05) is 18.5 Å². The van der Waals surface area contributed by atoms with Crippen LogP contribution in [-0.4, -0.2) is 35.6 Å². The van der Waals surface area contributed by atoms with Gasteiger partial charge in [-0.05, 0) is 26.8 Å². The molecule has 0 aliphatic rings. The highest BCUT2D eigenvalue weighted by molar-refractivity contribution is 5.81. The zero-order valence-electron chi connectivity index (χ0n) is 11.3. The van der Waals surface area contributed by atoms with Crippen LogP contribution in [0, 0.1) is 0 Å².